The van der Waals surface area contributed by atoms with Crippen LogP contribution in [0.4, 0.5) is 11.4 Å². The van der Waals surface area contributed by atoms with Crippen LogP contribution in [0.1, 0.15) is 12.8 Å². The molecule has 0 radical (unpaired) electrons. The maximum atomic E-state index is 12.0. The number of nitrogens with one attached hydrogen (secondary N) is 1. The van der Waals surface area contributed by atoms with Crippen molar-refractivity contribution in [3.8, 4) is 0 Å². The van der Waals surface area contributed by atoms with Crippen molar-refractivity contribution >= 4 is 17.3 Å². The number of rotatable bonds is 4. The highest BCUT2D eigenvalue weighted by Crippen LogP contribution is 2.21. The van der Waals surface area contributed by atoms with Gasteiger partial charge >= 0.3 is 0 Å². The molecule has 1 aromatic carbocycles. The second-order valence-corrected chi connectivity index (χ2v) is 4.99. The van der Waals surface area contributed by atoms with E-state index in [0.717, 1.165) is 24.2 Å². The molecule has 0 spiro atoms. The van der Waals surface area contributed by atoms with Crippen LogP contribution in [0.5, 0.6) is 0 Å². The van der Waals surface area contributed by atoms with Gasteiger partial charge in [0.2, 0.25) is 0 Å². The number of hydrogen-bond donors (Lipinski definition) is 2. The Kier molecular flexibility index (Phi) is 4.39. The standard InChI is InChI=1S/C14H21N3O2/c1-17(2)11-5-3-10(4-6-11)16-14(18)13-8-7-12(9-15)19-13/h3-6,12-13H,7-9,15H2,1-2H3,(H,16,18). The van der Waals surface area contributed by atoms with Crippen LogP contribution < -0.4 is 16.0 Å². The summed E-state index contributed by atoms with van der Waals surface area (Å²) in [5, 5.41) is 2.87. The van der Waals surface area contributed by atoms with Crippen molar-refractivity contribution in [3.05, 3.63) is 24.3 Å². The molecule has 1 amide bonds. The van der Waals surface area contributed by atoms with E-state index in [4.69, 9.17) is 10.5 Å². The van der Waals surface area contributed by atoms with Crippen LogP contribution in [0.25, 0.3) is 0 Å². The fourth-order valence-corrected chi connectivity index (χ4v) is 2.14. The SMILES string of the molecule is CN(C)c1ccc(NC(=O)C2CCC(CN)O2)cc1. The van der Waals surface area contributed by atoms with Gasteiger partial charge in [0.25, 0.3) is 5.91 Å². The van der Waals surface area contributed by atoms with E-state index < -0.39 is 0 Å². The minimum Gasteiger partial charge on any atom is -0.378 e. The van der Waals surface area contributed by atoms with E-state index in [2.05, 4.69) is 5.32 Å². The lowest BCUT2D eigenvalue weighted by molar-refractivity contribution is -0.126. The van der Waals surface area contributed by atoms with Crippen molar-refractivity contribution in [2.75, 3.05) is 30.9 Å². The highest BCUT2D eigenvalue weighted by molar-refractivity contribution is 5.94. The molecule has 1 heterocycles. The predicted molar refractivity (Wildman–Crippen MR) is 76.3 cm³/mol. The van der Waals surface area contributed by atoms with E-state index in [9.17, 15) is 4.79 Å². The lowest BCUT2D eigenvalue weighted by atomic mass is 10.2. The highest BCUT2D eigenvalue weighted by Gasteiger charge is 2.29. The summed E-state index contributed by atoms with van der Waals surface area (Å²) < 4.78 is 5.56. The molecule has 0 saturated carbocycles. The number of carbonyl (C=O) groups excluding carboxylic acids is 1. The third-order valence-electron chi connectivity index (χ3n) is 3.31. The quantitative estimate of drug-likeness (QED) is 0.856. The van der Waals surface area contributed by atoms with Gasteiger partial charge < -0.3 is 20.7 Å². The molecule has 0 aromatic heterocycles. The van der Waals surface area contributed by atoms with Gasteiger partial charge in [0.05, 0.1) is 6.10 Å². The first-order valence-corrected chi connectivity index (χ1v) is 6.54. The first-order chi connectivity index (χ1) is 9.10. The van der Waals surface area contributed by atoms with Crippen molar-refractivity contribution in [2.45, 2.75) is 25.0 Å². The average Bonchev–Trinajstić information content (AvgIpc) is 2.88. The second-order valence-electron chi connectivity index (χ2n) is 4.99. The summed E-state index contributed by atoms with van der Waals surface area (Å²) in [7, 11) is 3.96. The molecular formula is C14H21N3O2. The molecule has 19 heavy (non-hydrogen) atoms. The van der Waals surface area contributed by atoms with E-state index in [1.165, 1.54) is 0 Å². The summed E-state index contributed by atoms with van der Waals surface area (Å²) in [6.07, 6.45) is 1.24. The van der Waals surface area contributed by atoms with Crippen LogP contribution in [0.15, 0.2) is 24.3 Å². The number of benzene rings is 1. The fraction of sp³-hybridized carbons (Fsp3) is 0.500. The van der Waals surface area contributed by atoms with Crippen LogP contribution in [0.3, 0.4) is 0 Å². The summed E-state index contributed by atoms with van der Waals surface area (Å²) in [6.45, 7) is 0.474. The van der Waals surface area contributed by atoms with Crippen molar-refractivity contribution in [3.63, 3.8) is 0 Å². The molecule has 5 heteroatoms. The van der Waals surface area contributed by atoms with Crippen LogP contribution >= 0.6 is 0 Å². The zero-order valence-corrected chi connectivity index (χ0v) is 11.4. The average molecular weight is 263 g/mol. The molecule has 104 valence electrons. The summed E-state index contributed by atoms with van der Waals surface area (Å²) in [5.74, 6) is -0.0893. The van der Waals surface area contributed by atoms with Crippen molar-refractivity contribution in [1.29, 1.82) is 0 Å². The molecule has 0 bridgehead atoms. The van der Waals surface area contributed by atoms with E-state index >= 15 is 0 Å². The molecule has 0 aliphatic carbocycles. The van der Waals surface area contributed by atoms with Gasteiger partial charge in [-0.05, 0) is 37.1 Å². The number of amides is 1. The van der Waals surface area contributed by atoms with Gasteiger partial charge in [-0.2, -0.15) is 0 Å². The third kappa shape index (κ3) is 3.45. The number of nitrogens with two attached hydrogens (primary N) is 1. The largest absolute Gasteiger partial charge is 0.378 e. The van der Waals surface area contributed by atoms with E-state index in [1.54, 1.807) is 0 Å². The van der Waals surface area contributed by atoms with Gasteiger partial charge in [0, 0.05) is 32.0 Å². The zero-order valence-electron chi connectivity index (χ0n) is 11.4. The van der Waals surface area contributed by atoms with E-state index in [-0.39, 0.29) is 18.1 Å². The van der Waals surface area contributed by atoms with E-state index in [1.807, 2.05) is 43.3 Å². The summed E-state index contributed by atoms with van der Waals surface area (Å²) >= 11 is 0. The maximum absolute atomic E-state index is 12.0. The first-order valence-electron chi connectivity index (χ1n) is 6.54. The molecule has 2 unspecified atom stereocenters. The Balaban J connectivity index is 1.92. The smallest absolute Gasteiger partial charge is 0.253 e. The van der Waals surface area contributed by atoms with Gasteiger partial charge in [0.1, 0.15) is 6.10 Å². The minimum absolute atomic E-state index is 0.0202. The summed E-state index contributed by atoms with van der Waals surface area (Å²) in [5.41, 5.74) is 7.42. The van der Waals surface area contributed by atoms with Gasteiger partial charge in [0.15, 0.2) is 0 Å². The van der Waals surface area contributed by atoms with Crippen LogP contribution in [0, 0.1) is 0 Å². The number of nitrogens with zero attached hydrogens (tertiary/aromatic N) is 1. The Bertz CT molecular complexity index is 431. The van der Waals surface area contributed by atoms with Crippen LogP contribution in [-0.4, -0.2) is 38.8 Å². The number of carbonyl (C=O) groups is 1. The van der Waals surface area contributed by atoms with Crippen molar-refractivity contribution in [2.24, 2.45) is 5.73 Å². The molecule has 1 saturated heterocycles. The zero-order chi connectivity index (χ0) is 13.8. The van der Waals surface area contributed by atoms with Crippen LogP contribution in [-0.2, 0) is 9.53 Å². The lowest BCUT2D eigenvalue weighted by Gasteiger charge is -2.15. The molecular weight excluding hydrogens is 242 g/mol. The van der Waals surface area contributed by atoms with Gasteiger partial charge in [-0.1, -0.05) is 0 Å². The lowest BCUT2D eigenvalue weighted by Crippen LogP contribution is -2.29. The predicted octanol–water partition coefficient (Wildman–Crippen LogP) is 1.20. The Morgan fingerprint density at radius 2 is 2.05 bits per heavy atom. The second kappa shape index (κ2) is 6.04. The number of anilines is 2. The highest BCUT2D eigenvalue weighted by atomic mass is 16.5. The molecule has 1 aliphatic heterocycles. The third-order valence-corrected chi connectivity index (χ3v) is 3.31. The van der Waals surface area contributed by atoms with Gasteiger partial charge in [-0.3, -0.25) is 4.79 Å². The molecule has 5 nitrogen and oxygen atoms in total. The molecule has 2 atom stereocenters. The monoisotopic (exact) mass is 263 g/mol. The topological polar surface area (TPSA) is 67.6 Å². The van der Waals surface area contributed by atoms with Gasteiger partial charge in [-0.25, -0.2) is 0 Å². The number of ether oxygens (including phenoxy) is 1. The molecule has 3 N–H and O–H groups in total. The molecule has 1 fully saturated rings. The Morgan fingerprint density at radius 3 is 2.58 bits per heavy atom. The molecule has 2 rings (SSSR count). The Labute approximate surface area is 113 Å². The summed E-state index contributed by atoms with van der Waals surface area (Å²) in [4.78, 5) is 14.0. The normalized spacial score (nSPS) is 22.3. The Morgan fingerprint density at radius 1 is 1.37 bits per heavy atom. The van der Waals surface area contributed by atoms with Crippen LogP contribution in [0.2, 0.25) is 0 Å². The fourth-order valence-electron chi connectivity index (χ4n) is 2.14. The van der Waals surface area contributed by atoms with Gasteiger partial charge in [-0.15, -0.1) is 0 Å². The van der Waals surface area contributed by atoms with Crippen molar-refractivity contribution < 1.29 is 9.53 Å². The molecule has 1 aliphatic rings. The minimum atomic E-state index is -0.373. The van der Waals surface area contributed by atoms with E-state index in [0.29, 0.717) is 6.54 Å². The number of hydrogen-bond acceptors (Lipinski definition) is 4. The maximum Gasteiger partial charge on any atom is 0.253 e. The van der Waals surface area contributed by atoms with Crippen molar-refractivity contribution in [1.82, 2.24) is 0 Å². The molecule has 1 aromatic rings. The summed E-state index contributed by atoms with van der Waals surface area (Å²) in [6, 6.07) is 7.72. The first kappa shape index (κ1) is 13.8. The Hall–Kier alpha value is -1.59.